The predicted molar refractivity (Wildman–Crippen MR) is 124 cm³/mol. The van der Waals surface area contributed by atoms with E-state index >= 15 is 0 Å². The third kappa shape index (κ3) is 4.42. The summed E-state index contributed by atoms with van der Waals surface area (Å²) >= 11 is 1.70. The number of benzene rings is 3. The number of ketones is 1. The second-order valence-electron chi connectivity index (χ2n) is 7.57. The third-order valence-corrected chi connectivity index (χ3v) is 6.50. The fourth-order valence-corrected chi connectivity index (χ4v) is 4.88. The molecule has 0 bridgehead atoms. The van der Waals surface area contributed by atoms with Gasteiger partial charge in [-0.25, -0.2) is 0 Å². The smallest absolute Gasteiger partial charge is 0.308 e. The lowest BCUT2D eigenvalue weighted by atomic mass is 10.1. The predicted octanol–water partition coefficient (Wildman–Crippen LogP) is 4.44. The molecule has 0 spiro atoms. The SMILES string of the molecule is O=C1COc2ccc(C(=O)COC(=O)CCN3c4ccccc4Sc4ccccc43)cc2N1. The molecule has 166 valence electrons. The molecule has 5 rings (SSSR count). The van der Waals surface area contributed by atoms with Crippen molar-refractivity contribution in [1.29, 1.82) is 0 Å². The van der Waals surface area contributed by atoms with Gasteiger partial charge in [0.2, 0.25) is 0 Å². The number of hydrogen-bond donors (Lipinski definition) is 1. The summed E-state index contributed by atoms with van der Waals surface area (Å²) in [7, 11) is 0. The number of esters is 1. The van der Waals surface area contributed by atoms with Crippen LogP contribution >= 0.6 is 11.8 Å². The van der Waals surface area contributed by atoms with Crippen molar-refractivity contribution >= 4 is 46.5 Å². The van der Waals surface area contributed by atoms with E-state index in [4.69, 9.17) is 9.47 Å². The minimum atomic E-state index is -0.453. The van der Waals surface area contributed by atoms with E-state index in [1.807, 2.05) is 36.4 Å². The van der Waals surface area contributed by atoms with Crippen molar-refractivity contribution in [2.75, 3.05) is 30.0 Å². The number of nitrogens with zero attached hydrogens (tertiary/aromatic N) is 1. The summed E-state index contributed by atoms with van der Waals surface area (Å²) in [5.74, 6) is -0.580. The lowest BCUT2D eigenvalue weighted by Gasteiger charge is -2.32. The number of para-hydroxylation sites is 2. The quantitative estimate of drug-likeness (QED) is 0.430. The number of carbonyl (C=O) groups excluding carboxylic acids is 3. The highest BCUT2D eigenvalue weighted by molar-refractivity contribution is 7.99. The van der Waals surface area contributed by atoms with Gasteiger partial charge in [0.05, 0.1) is 23.5 Å². The molecule has 0 fully saturated rings. The fourth-order valence-electron chi connectivity index (χ4n) is 3.78. The van der Waals surface area contributed by atoms with Gasteiger partial charge in [-0.2, -0.15) is 0 Å². The number of fused-ring (bicyclic) bond motifs is 3. The van der Waals surface area contributed by atoms with Crippen LogP contribution < -0.4 is 15.0 Å². The number of amides is 1. The summed E-state index contributed by atoms with van der Waals surface area (Å²) in [5.41, 5.74) is 2.86. The van der Waals surface area contributed by atoms with Crippen LogP contribution in [-0.4, -0.2) is 37.4 Å². The van der Waals surface area contributed by atoms with E-state index in [-0.39, 0.29) is 31.3 Å². The standard InChI is InChI=1S/C25H20N2O5S/c28-20(16-9-10-21-17(13-16)26-24(29)15-31-21)14-32-25(30)11-12-27-18-5-1-3-7-22(18)33-23-8-4-2-6-19(23)27/h1-10,13H,11-12,14-15H2,(H,26,29). The summed E-state index contributed by atoms with van der Waals surface area (Å²) < 4.78 is 10.5. The Kier molecular flexibility index (Phi) is 5.75. The van der Waals surface area contributed by atoms with Gasteiger partial charge >= 0.3 is 5.97 Å². The number of nitrogens with one attached hydrogen (secondary N) is 1. The average Bonchev–Trinajstić information content (AvgIpc) is 2.84. The topological polar surface area (TPSA) is 84.9 Å². The Morgan fingerprint density at radius 2 is 1.70 bits per heavy atom. The van der Waals surface area contributed by atoms with Gasteiger partial charge < -0.3 is 19.7 Å². The molecule has 7 nitrogen and oxygen atoms in total. The molecule has 8 heteroatoms. The second kappa shape index (κ2) is 8.99. The largest absolute Gasteiger partial charge is 0.482 e. The number of carbonyl (C=O) groups is 3. The van der Waals surface area contributed by atoms with Crippen LogP contribution in [0.15, 0.2) is 76.5 Å². The molecular weight excluding hydrogens is 440 g/mol. The highest BCUT2D eigenvalue weighted by atomic mass is 32.2. The zero-order chi connectivity index (χ0) is 22.8. The summed E-state index contributed by atoms with van der Waals surface area (Å²) in [6, 6.07) is 20.9. The van der Waals surface area contributed by atoms with Gasteiger partial charge in [0.25, 0.3) is 5.91 Å². The van der Waals surface area contributed by atoms with Crippen LogP contribution in [0.5, 0.6) is 5.75 Å². The van der Waals surface area contributed by atoms with Gasteiger partial charge in [0, 0.05) is 21.9 Å². The van der Waals surface area contributed by atoms with Gasteiger partial charge in [0.15, 0.2) is 19.0 Å². The maximum atomic E-state index is 12.5. The van der Waals surface area contributed by atoms with Crippen LogP contribution in [0.4, 0.5) is 17.1 Å². The van der Waals surface area contributed by atoms with Crippen LogP contribution in [0.25, 0.3) is 0 Å². The molecule has 1 amide bonds. The molecule has 3 aromatic carbocycles. The lowest BCUT2D eigenvalue weighted by Crippen LogP contribution is -2.26. The molecule has 0 unspecified atom stereocenters. The molecule has 0 atom stereocenters. The Bertz CT molecular complexity index is 1210. The highest BCUT2D eigenvalue weighted by Gasteiger charge is 2.24. The Morgan fingerprint density at radius 3 is 2.42 bits per heavy atom. The highest BCUT2D eigenvalue weighted by Crippen LogP contribution is 2.47. The van der Waals surface area contributed by atoms with E-state index in [9.17, 15) is 14.4 Å². The molecule has 1 N–H and O–H groups in total. The van der Waals surface area contributed by atoms with Gasteiger partial charge in [-0.15, -0.1) is 0 Å². The Morgan fingerprint density at radius 1 is 1.00 bits per heavy atom. The Labute approximate surface area is 194 Å². The first-order valence-electron chi connectivity index (χ1n) is 10.5. The molecule has 0 saturated heterocycles. The van der Waals surface area contributed by atoms with Crippen molar-refractivity contribution in [3.8, 4) is 5.75 Å². The molecule has 2 heterocycles. The van der Waals surface area contributed by atoms with E-state index in [0.717, 1.165) is 21.2 Å². The monoisotopic (exact) mass is 460 g/mol. The van der Waals surface area contributed by atoms with Gasteiger partial charge in [-0.05, 0) is 42.5 Å². The van der Waals surface area contributed by atoms with Crippen LogP contribution in [0.2, 0.25) is 0 Å². The van der Waals surface area contributed by atoms with E-state index in [2.05, 4.69) is 22.3 Å². The first-order valence-corrected chi connectivity index (χ1v) is 11.3. The number of rotatable bonds is 6. The van der Waals surface area contributed by atoms with Crippen molar-refractivity contribution in [3.63, 3.8) is 0 Å². The van der Waals surface area contributed by atoms with E-state index in [1.54, 1.807) is 23.9 Å². The summed E-state index contributed by atoms with van der Waals surface area (Å²) in [6.45, 7) is 0.0157. The van der Waals surface area contributed by atoms with E-state index in [1.165, 1.54) is 6.07 Å². The van der Waals surface area contributed by atoms with Crippen molar-refractivity contribution < 1.29 is 23.9 Å². The maximum absolute atomic E-state index is 12.5. The fraction of sp³-hybridized carbons (Fsp3) is 0.160. The molecular formula is C25H20N2O5S. The van der Waals surface area contributed by atoms with Crippen LogP contribution in [-0.2, 0) is 14.3 Å². The summed E-state index contributed by atoms with van der Waals surface area (Å²) in [4.78, 5) is 40.8. The Balaban J connectivity index is 1.21. The molecule has 0 aromatic heterocycles. The van der Waals surface area contributed by atoms with Crippen molar-refractivity contribution in [2.45, 2.75) is 16.2 Å². The summed E-state index contributed by atoms with van der Waals surface area (Å²) in [6.07, 6.45) is 0.134. The van der Waals surface area contributed by atoms with Crippen molar-refractivity contribution in [3.05, 3.63) is 72.3 Å². The molecule has 3 aromatic rings. The van der Waals surface area contributed by atoms with Crippen molar-refractivity contribution in [2.24, 2.45) is 0 Å². The van der Waals surface area contributed by atoms with E-state index in [0.29, 0.717) is 23.5 Å². The van der Waals surface area contributed by atoms with Crippen LogP contribution in [0.3, 0.4) is 0 Å². The minimum Gasteiger partial charge on any atom is -0.482 e. The lowest BCUT2D eigenvalue weighted by molar-refractivity contribution is -0.142. The molecule has 0 aliphatic carbocycles. The first-order chi connectivity index (χ1) is 16.1. The Hall–Kier alpha value is -3.78. The van der Waals surface area contributed by atoms with Crippen molar-refractivity contribution in [1.82, 2.24) is 0 Å². The molecule has 0 saturated carbocycles. The van der Waals surface area contributed by atoms with Crippen LogP contribution in [0, 0.1) is 0 Å². The maximum Gasteiger partial charge on any atom is 0.308 e. The normalized spacial score (nSPS) is 13.7. The zero-order valence-electron chi connectivity index (χ0n) is 17.6. The molecule has 2 aliphatic heterocycles. The molecule has 2 aliphatic rings. The number of anilines is 3. The molecule has 0 radical (unpaired) electrons. The molecule has 33 heavy (non-hydrogen) atoms. The van der Waals surface area contributed by atoms with Gasteiger partial charge in [-0.3, -0.25) is 14.4 Å². The third-order valence-electron chi connectivity index (χ3n) is 5.37. The van der Waals surface area contributed by atoms with Gasteiger partial charge in [0.1, 0.15) is 5.75 Å². The number of Topliss-reactive ketones (excluding diaryl/α,β-unsaturated/α-hetero) is 1. The minimum absolute atomic E-state index is 0.0530. The first kappa shape index (κ1) is 21.1. The van der Waals surface area contributed by atoms with E-state index < -0.39 is 5.97 Å². The number of ether oxygens (including phenoxy) is 2. The summed E-state index contributed by atoms with van der Waals surface area (Å²) in [5, 5.41) is 2.66. The van der Waals surface area contributed by atoms with Crippen LogP contribution in [0.1, 0.15) is 16.8 Å². The second-order valence-corrected chi connectivity index (χ2v) is 8.65. The number of hydrogen-bond acceptors (Lipinski definition) is 7. The zero-order valence-corrected chi connectivity index (χ0v) is 18.4. The average molecular weight is 461 g/mol. The van der Waals surface area contributed by atoms with Gasteiger partial charge in [-0.1, -0.05) is 36.0 Å².